The van der Waals surface area contributed by atoms with E-state index >= 15 is 0 Å². The number of rotatable bonds is 18. The van der Waals surface area contributed by atoms with Gasteiger partial charge in [-0.3, -0.25) is 4.79 Å². The maximum atomic E-state index is 11.6. The molecule has 0 aromatic rings. The topological polar surface area (TPSA) is 56.8 Å². The Balaban J connectivity index is -0.00000146. The molecule has 0 fully saturated rings. The van der Waals surface area contributed by atoms with Gasteiger partial charge in [0.2, 0.25) is 5.91 Å². The Kier molecular flexibility index (Phi) is 35.5. The maximum Gasteiger partial charge on any atom is 0.219 e. The minimum Gasteiger partial charge on any atom is -0.379 e. The number of hydrogen-bond acceptors (Lipinski definition) is 4. The Bertz CT molecular complexity index is 273. The van der Waals surface area contributed by atoms with Gasteiger partial charge in [0.1, 0.15) is 0 Å². The zero-order valence-corrected chi connectivity index (χ0v) is 20.1. The third-order valence-corrected chi connectivity index (χ3v) is 3.61. The fraction of sp³-hybridized carbons (Fsp3) is 0.957. The zero-order valence-electron chi connectivity index (χ0n) is 20.1. The SMILES string of the molecule is CC.CC.CCCCOCCOCCOCCCNC(=O)CCCCC(C)C. The first kappa shape index (κ1) is 32.0. The molecular formula is C23H51NO4. The Morgan fingerprint density at radius 1 is 0.750 bits per heavy atom. The molecule has 5 nitrogen and oxygen atoms in total. The lowest BCUT2D eigenvalue weighted by molar-refractivity contribution is -0.121. The lowest BCUT2D eigenvalue weighted by Gasteiger charge is -2.08. The van der Waals surface area contributed by atoms with Crippen molar-refractivity contribution in [3.63, 3.8) is 0 Å². The van der Waals surface area contributed by atoms with Crippen molar-refractivity contribution in [1.29, 1.82) is 0 Å². The predicted molar refractivity (Wildman–Crippen MR) is 121 cm³/mol. The summed E-state index contributed by atoms with van der Waals surface area (Å²) in [6, 6.07) is 0. The predicted octanol–water partition coefficient (Wildman–Crippen LogP) is 5.61. The molecule has 0 aliphatic heterocycles. The number of carbonyl (C=O) groups excluding carboxylic acids is 1. The van der Waals surface area contributed by atoms with E-state index in [2.05, 4.69) is 26.1 Å². The lowest BCUT2D eigenvalue weighted by atomic mass is 10.1. The van der Waals surface area contributed by atoms with Crippen molar-refractivity contribution in [3.05, 3.63) is 0 Å². The number of carbonyl (C=O) groups is 1. The van der Waals surface area contributed by atoms with Crippen LogP contribution in [0.25, 0.3) is 0 Å². The highest BCUT2D eigenvalue weighted by atomic mass is 16.5. The second-order valence-electron chi connectivity index (χ2n) is 6.53. The summed E-state index contributed by atoms with van der Waals surface area (Å²) in [5.41, 5.74) is 0. The van der Waals surface area contributed by atoms with Crippen LogP contribution in [0.15, 0.2) is 0 Å². The molecule has 1 amide bonds. The molecule has 0 atom stereocenters. The Morgan fingerprint density at radius 3 is 1.75 bits per heavy atom. The van der Waals surface area contributed by atoms with Gasteiger partial charge in [-0.15, -0.1) is 0 Å². The van der Waals surface area contributed by atoms with Crippen LogP contribution in [0, 0.1) is 5.92 Å². The van der Waals surface area contributed by atoms with Gasteiger partial charge in [0.25, 0.3) is 0 Å². The first-order valence-corrected chi connectivity index (χ1v) is 11.7. The van der Waals surface area contributed by atoms with E-state index in [1.165, 1.54) is 6.42 Å². The van der Waals surface area contributed by atoms with Crippen molar-refractivity contribution in [3.8, 4) is 0 Å². The van der Waals surface area contributed by atoms with Crippen molar-refractivity contribution in [2.75, 3.05) is 46.2 Å². The molecule has 0 spiro atoms. The van der Waals surface area contributed by atoms with Gasteiger partial charge in [0.15, 0.2) is 0 Å². The van der Waals surface area contributed by atoms with E-state index in [9.17, 15) is 4.79 Å². The van der Waals surface area contributed by atoms with E-state index < -0.39 is 0 Å². The van der Waals surface area contributed by atoms with Gasteiger partial charge in [-0.25, -0.2) is 0 Å². The van der Waals surface area contributed by atoms with Crippen LogP contribution in [0.4, 0.5) is 0 Å². The minimum absolute atomic E-state index is 0.158. The van der Waals surface area contributed by atoms with Crippen LogP contribution in [0.5, 0.6) is 0 Å². The van der Waals surface area contributed by atoms with Crippen LogP contribution in [0.3, 0.4) is 0 Å². The molecule has 0 saturated heterocycles. The second-order valence-corrected chi connectivity index (χ2v) is 6.53. The van der Waals surface area contributed by atoms with Crippen molar-refractivity contribution in [2.24, 2.45) is 5.92 Å². The van der Waals surface area contributed by atoms with Crippen LogP contribution >= 0.6 is 0 Å². The number of unbranched alkanes of at least 4 members (excludes halogenated alkanes) is 2. The van der Waals surface area contributed by atoms with E-state index in [1.807, 2.05) is 27.7 Å². The van der Waals surface area contributed by atoms with Crippen molar-refractivity contribution >= 4 is 5.91 Å². The molecule has 0 radical (unpaired) electrons. The van der Waals surface area contributed by atoms with Gasteiger partial charge in [-0.2, -0.15) is 0 Å². The van der Waals surface area contributed by atoms with Crippen LogP contribution in [-0.4, -0.2) is 52.1 Å². The van der Waals surface area contributed by atoms with E-state index in [0.29, 0.717) is 46.0 Å². The standard InChI is InChI=1S/C19H39NO4.2C2H6/c1-4-5-12-22-14-16-24-17-15-23-13-8-11-20-19(21)10-7-6-9-18(2)3;2*1-2/h18H,4-17H2,1-3H3,(H,20,21);2*1-2H3. The third-order valence-electron chi connectivity index (χ3n) is 3.61. The molecule has 0 saturated carbocycles. The third kappa shape index (κ3) is 33.0. The summed E-state index contributed by atoms with van der Waals surface area (Å²) in [7, 11) is 0. The largest absolute Gasteiger partial charge is 0.379 e. The molecule has 0 rings (SSSR count). The summed E-state index contributed by atoms with van der Waals surface area (Å²) in [4.78, 5) is 11.6. The van der Waals surface area contributed by atoms with Gasteiger partial charge in [0.05, 0.1) is 26.4 Å². The van der Waals surface area contributed by atoms with E-state index in [4.69, 9.17) is 14.2 Å². The Hall–Kier alpha value is -0.650. The molecular weight excluding hydrogens is 354 g/mol. The molecule has 0 aromatic heterocycles. The molecule has 0 aromatic carbocycles. The Labute approximate surface area is 176 Å². The lowest BCUT2D eigenvalue weighted by Crippen LogP contribution is -2.25. The highest BCUT2D eigenvalue weighted by Gasteiger charge is 2.01. The van der Waals surface area contributed by atoms with Crippen LogP contribution in [-0.2, 0) is 19.0 Å². The first-order valence-electron chi connectivity index (χ1n) is 11.7. The van der Waals surface area contributed by atoms with Gasteiger partial charge >= 0.3 is 0 Å². The quantitative estimate of drug-likeness (QED) is 0.301. The molecule has 0 heterocycles. The van der Waals surface area contributed by atoms with Gasteiger partial charge in [0, 0.05) is 26.2 Å². The highest BCUT2D eigenvalue weighted by molar-refractivity contribution is 5.75. The fourth-order valence-electron chi connectivity index (χ4n) is 2.12. The van der Waals surface area contributed by atoms with Gasteiger partial charge in [-0.05, 0) is 25.2 Å². The van der Waals surface area contributed by atoms with Crippen molar-refractivity contribution in [2.45, 2.75) is 93.4 Å². The monoisotopic (exact) mass is 405 g/mol. The molecule has 28 heavy (non-hydrogen) atoms. The number of nitrogens with one attached hydrogen (secondary N) is 1. The molecule has 0 unspecified atom stereocenters. The van der Waals surface area contributed by atoms with Crippen LogP contribution in [0.2, 0.25) is 0 Å². The number of hydrogen-bond donors (Lipinski definition) is 1. The number of amides is 1. The summed E-state index contributed by atoms with van der Waals surface area (Å²) in [6.45, 7) is 19.2. The van der Waals surface area contributed by atoms with E-state index in [1.54, 1.807) is 0 Å². The summed E-state index contributed by atoms with van der Waals surface area (Å²) in [6.07, 6.45) is 7.08. The normalized spacial score (nSPS) is 10.0. The second kappa shape index (κ2) is 31.1. The van der Waals surface area contributed by atoms with Gasteiger partial charge in [-0.1, -0.05) is 67.7 Å². The molecule has 0 bridgehead atoms. The van der Waals surface area contributed by atoms with E-state index in [-0.39, 0.29) is 5.91 Å². The average molecular weight is 406 g/mol. The van der Waals surface area contributed by atoms with Crippen molar-refractivity contribution < 1.29 is 19.0 Å². The number of ether oxygens (including phenoxy) is 3. The zero-order chi connectivity index (χ0) is 21.9. The first-order chi connectivity index (χ1) is 13.7. The fourth-order valence-corrected chi connectivity index (χ4v) is 2.12. The van der Waals surface area contributed by atoms with Crippen molar-refractivity contribution in [1.82, 2.24) is 5.32 Å². The minimum atomic E-state index is 0.158. The van der Waals surface area contributed by atoms with Crippen LogP contribution in [0.1, 0.15) is 93.4 Å². The summed E-state index contributed by atoms with van der Waals surface area (Å²) < 4.78 is 16.3. The molecule has 1 N–H and O–H groups in total. The summed E-state index contributed by atoms with van der Waals surface area (Å²) in [5, 5.41) is 2.94. The molecule has 0 aliphatic carbocycles. The average Bonchev–Trinajstić information content (AvgIpc) is 2.71. The Morgan fingerprint density at radius 2 is 1.25 bits per heavy atom. The van der Waals surface area contributed by atoms with E-state index in [0.717, 1.165) is 44.6 Å². The molecule has 172 valence electrons. The maximum absolute atomic E-state index is 11.6. The van der Waals surface area contributed by atoms with Crippen LogP contribution < -0.4 is 5.32 Å². The summed E-state index contributed by atoms with van der Waals surface area (Å²) >= 11 is 0. The summed E-state index contributed by atoms with van der Waals surface area (Å²) in [5.74, 6) is 0.882. The smallest absolute Gasteiger partial charge is 0.219 e. The highest BCUT2D eigenvalue weighted by Crippen LogP contribution is 2.07. The molecule has 0 aliphatic rings. The molecule has 5 heteroatoms. The van der Waals surface area contributed by atoms with Gasteiger partial charge < -0.3 is 19.5 Å².